The van der Waals surface area contributed by atoms with Crippen LogP contribution in [0.5, 0.6) is 0 Å². The van der Waals surface area contributed by atoms with E-state index in [1.807, 2.05) is 33.9 Å². The van der Waals surface area contributed by atoms with Crippen LogP contribution in [0.4, 0.5) is 4.79 Å². The number of carbonyl (C=O) groups excluding carboxylic acids is 1. The molecule has 1 amide bonds. The number of nitrogens with one attached hydrogen (secondary N) is 1. The average Bonchev–Trinajstić information content (AvgIpc) is 2.72. The number of hydrogen-bond donors (Lipinski definition) is 1. The van der Waals surface area contributed by atoms with Crippen LogP contribution in [0.2, 0.25) is 0 Å². The molecule has 0 unspecified atom stereocenters. The van der Waals surface area contributed by atoms with Crippen molar-refractivity contribution in [1.82, 2.24) is 10.2 Å². The van der Waals surface area contributed by atoms with Crippen molar-refractivity contribution in [2.45, 2.75) is 46.0 Å². The lowest BCUT2D eigenvalue weighted by Gasteiger charge is -2.24. The molecule has 0 radical (unpaired) electrons. The van der Waals surface area contributed by atoms with E-state index in [1.54, 1.807) is 4.90 Å². The van der Waals surface area contributed by atoms with Gasteiger partial charge in [0, 0.05) is 13.1 Å². The van der Waals surface area contributed by atoms with Gasteiger partial charge in [0.1, 0.15) is 5.60 Å². The molecule has 1 heterocycles. The molecule has 0 fully saturated rings. The van der Waals surface area contributed by atoms with Crippen LogP contribution in [-0.2, 0) is 24.4 Å². The van der Waals surface area contributed by atoms with E-state index in [1.165, 1.54) is 16.7 Å². The van der Waals surface area contributed by atoms with Gasteiger partial charge in [-0.2, -0.15) is 0 Å². The number of hydrogen-bond acceptors (Lipinski definition) is 3. The highest BCUT2D eigenvalue weighted by molar-refractivity contribution is 5.69. The fourth-order valence-electron chi connectivity index (χ4n) is 2.30. The topological polar surface area (TPSA) is 41.6 Å². The maximum absolute atomic E-state index is 12.1. The van der Waals surface area contributed by atoms with Crippen molar-refractivity contribution in [2.75, 3.05) is 7.05 Å². The Morgan fingerprint density at radius 2 is 2.11 bits per heavy atom. The van der Waals surface area contributed by atoms with E-state index < -0.39 is 5.60 Å². The lowest BCUT2D eigenvalue weighted by Crippen LogP contribution is -2.33. The smallest absolute Gasteiger partial charge is 0.410 e. The Kier molecular flexibility index (Phi) is 3.80. The molecular formula is C15H22N2O2. The van der Waals surface area contributed by atoms with E-state index in [0.717, 1.165) is 6.54 Å². The Hall–Kier alpha value is -1.55. The zero-order valence-corrected chi connectivity index (χ0v) is 12.1. The number of carbonyl (C=O) groups is 1. The van der Waals surface area contributed by atoms with Crippen LogP contribution >= 0.6 is 0 Å². The summed E-state index contributed by atoms with van der Waals surface area (Å²) in [7, 11) is 1.93. The summed E-state index contributed by atoms with van der Waals surface area (Å²) in [5.41, 5.74) is 3.28. The van der Waals surface area contributed by atoms with Crippen molar-refractivity contribution >= 4 is 6.09 Å². The minimum atomic E-state index is -0.445. The normalized spacial score (nSPS) is 14.4. The Morgan fingerprint density at radius 1 is 1.37 bits per heavy atom. The maximum atomic E-state index is 12.1. The molecule has 1 aliphatic rings. The van der Waals surface area contributed by atoms with Gasteiger partial charge in [0.25, 0.3) is 0 Å². The maximum Gasteiger partial charge on any atom is 0.410 e. The van der Waals surface area contributed by atoms with Gasteiger partial charge in [0.15, 0.2) is 0 Å². The molecule has 1 aliphatic heterocycles. The van der Waals surface area contributed by atoms with Crippen molar-refractivity contribution in [3.63, 3.8) is 0 Å². The minimum Gasteiger partial charge on any atom is -0.444 e. The number of benzene rings is 1. The minimum absolute atomic E-state index is 0.237. The molecule has 1 aromatic carbocycles. The van der Waals surface area contributed by atoms with Crippen LogP contribution in [0.3, 0.4) is 0 Å². The van der Waals surface area contributed by atoms with Crippen LogP contribution in [-0.4, -0.2) is 23.6 Å². The highest BCUT2D eigenvalue weighted by atomic mass is 16.6. The first-order chi connectivity index (χ1) is 8.90. The van der Waals surface area contributed by atoms with Crippen LogP contribution < -0.4 is 5.32 Å². The van der Waals surface area contributed by atoms with Crippen molar-refractivity contribution in [3.8, 4) is 0 Å². The van der Waals surface area contributed by atoms with Gasteiger partial charge in [-0.25, -0.2) is 4.79 Å². The molecule has 0 saturated carbocycles. The first-order valence-corrected chi connectivity index (χ1v) is 6.63. The predicted octanol–water partition coefficient (Wildman–Crippen LogP) is 2.66. The number of amides is 1. The number of rotatable bonds is 2. The van der Waals surface area contributed by atoms with E-state index in [9.17, 15) is 4.79 Å². The van der Waals surface area contributed by atoms with Crippen molar-refractivity contribution in [2.24, 2.45) is 0 Å². The van der Waals surface area contributed by atoms with Gasteiger partial charge in [-0.3, -0.25) is 4.90 Å². The van der Waals surface area contributed by atoms with Crippen molar-refractivity contribution in [3.05, 3.63) is 34.9 Å². The molecule has 104 valence electrons. The summed E-state index contributed by atoms with van der Waals surface area (Å²) in [4.78, 5) is 13.8. The van der Waals surface area contributed by atoms with Crippen LogP contribution in [0.1, 0.15) is 37.5 Å². The number of fused-ring (bicyclic) bond motifs is 1. The third-order valence-corrected chi connectivity index (χ3v) is 3.10. The van der Waals surface area contributed by atoms with Gasteiger partial charge in [-0.05, 0) is 44.5 Å². The summed E-state index contributed by atoms with van der Waals surface area (Å²) < 4.78 is 5.42. The second kappa shape index (κ2) is 5.21. The van der Waals surface area contributed by atoms with Gasteiger partial charge < -0.3 is 10.1 Å². The Morgan fingerprint density at radius 3 is 2.74 bits per heavy atom. The van der Waals surface area contributed by atoms with E-state index in [2.05, 4.69) is 17.4 Å². The second-order valence-electron chi connectivity index (χ2n) is 5.92. The van der Waals surface area contributed by atoms with Gasteiger partial charge in [0.05, 0.1) is 6.54 Å². The predicted molar refractivity (Wildman–Crippen MR) is 74.7 cm³/mol. The van der Waals surface area contributed by atoms with Crippen LogP contribution in [0.25, 0.3) is 0 Å². The zero-order chi connectivity index (χ0) is 14.0. The molecule has 0 spiro atoms. The summed E-state index contributed by atoms with van der Waals surface area (Å²) in [6, 6.07) is 6.23. The molecule has 2 rings (SSSR count). The summed E-state index contributed by atoms with van der Waals surface area (Å²) in [6.07, 6.45) is -0.237. The van der Waals surface area contributed by atoms with Gasteiger partial charge >= 0.3 is 6.09 Å². The van der Waals surface area contributed by atoms with Crippen LogP contribution in [0, 0.1) is 0 Å². The summed E-state index contributed by atoms with van der Waals surface area (Å²) >= 11 is 0. The van der Waals surface area contributed by atoms with Gasteiger partial charge in [-0.15, -0.1) is 0 Å². The zero-order valence-electron chi connectivity index (χ0n) is 12.1. The molecule has 4 heteroatoms. The quantitative estimate of drug-likeness (QED) is 0.891. The molecule has 0 atom stereocenters. The largest absolute Gasteiger partial charge is 0.444 e. The molecule has 0 saturated heterocycles. The Balaban J connectivity index is 2.12. The fraction of sp³-hybridized carbons (Fsp3) is 0.533. The monoisotopic (exact) mass is 262 g/mol. The first-order valence-electron chi connectivity index (χ1n) is 6.63. The molecule has 1 aromatic rings. The van der Waals surface area contributed by atoms with Crippen molar-refractivity contribution < 1.29 is 9.53 Å². The standard InChI is InChI=1S/C15H22N2O2/c1-15(2,3)19-14(18)17-9-12-7-5-6-11(8-16-4)13(12)10-17/h5-7,16H,8-10H2,1-4H3. The van der Waals surface area contributed by atoms with E-state index in [-0.39, 0.29) is 6.09 Å². The molecule has 19 heavy (non-hydrogen) atoms. The number of nitrogens with zero attached hydrogens (tertiary/aromatic N) is 1. The first kappa shape index (κ1) is 13.9. The molecular weight excluding hydrogens is 240 g/mol. The van der Waals surface area contributed by atoms with E-state index >= 15 is 0 Å². The molecule has 0 bridgehead atoms. The molecule has 4 nitrogen and oxygen atoms in total. The summed E-state index contributed by atoms with van der Waals surface area (Å²) in [5, 5.41) is 3.16. The molecule has 0 aromatic heterocycles. The number of ether oxygens (including phenoxy) is 1. The van der Waals surface area contributed by atoms with Gasteiger partial charge in [0.2, 0.25) is 0 Å². The van der Waals surface area contributed by atoms with E-state index in [0.29, 0.717) is 13.1 Å². The third-order valence-electron chi connectivity index (χ3n) is 3.10. The molecule has 1 N–H and O–H groups in total. The van der Waals surface area contributed by atoms with Crippen molar-refractivity contribution in [1.29, 1.82) is 0 Å². The Labute approximate surface area is 114 Å². The summed E-state index contributed by atoms with van der Waals surface area (Å²) in [6.45, 7) is 7.77. The average molecular weight is 262 g/mol. The van der Waals surface area contributed by atoms with Gasteiger partial charge in [-0.1, -0.05) is 18.2 Å². The highest BCUT2D eigenvalue weighted by Crippen LogP contribution is 2.27. The lowest BCUT2D eigenvalue weighted by atomic mass is 10.0. The fourth-order valence-corrected chi connectivity index (χ4v) is 2.30. The highest BCUT2D eigenvalue weighted by Gasteiger charge is 2.28. The SMILES string of the molecule is CNCc1cccc2c1CN(C(=O)OC(C)(C)C)C2. The molecule has 0 aliphatic carbocycles. The lowest BCUT2D eigenvalue weighted by molar-refractivity contribution is 0.0241. The second-order valence-corrected chi connectivity index (χ2v) is 5.92. The Bertz CT molecular complexity index is 478. The third kappa shape index (κ3) is 3.26. The van der Waals surface area contributed by atoms with E-state index in [4.69, 9.17) is 4.74 Å². The van der Waals surface area contributed by atoms with Crippen LogP contribution in [0.15, 0.2) is 18.2 Å². The summed E-state index contributed by atoms with van der Waals surface area (Å²) in [5.74, 6) is 0.